The van der Waals surface area contributed by atoms with E-state index < -0.39 is 11.4 Å². The minimum absolute atomic E-state index is 0.112. The van der Waals surface area contributed by atoms with Crippen molar-refractivity contribution in [3.63, 3.8) is 0 Å². The quantitative estimate of drug-likeness (QED) is 0.575. The molecule has 36 heavy (non-hydrogen) atoms. The second-order valence-corrected chi connectivity index (χ2v) is 9.61. The zero-order valence-electron chi connectivity index (χ0n) is 20.7. The molecule has 0 spiro atoms. The van der Waals surface area contributed by atoms with Crippen LogP contribution in [-0.2, 0) is 16.8 Å². The first-order valence-corrected chi connectivity index (χ1v) is 12.0. The molecule has 2 aliphatic heterocycles. The minimum Gasteiger partial charge on any atom is -0.497 e. The molecule has 2 aliphatic rings. The average Bonchev–Trinajstić information content (AvgIpc) is 3.49. The molecule has 0 unspecified atom stereocenters. The van der Waals surface area contributed by atoms with Gasteiger partial charge in [-0.25, -0.2) is 4.68 Å². The maximum Gasteiger partial charge on any atom is 0.277 e. The van der Waals surface area contributed by atoms with Gasteiger partial charge in [-0.1, -0.05) is 12.1 Å². The summed E-state index contributed by atoms with van der Waals surface area (Å²) in [4.78, 5) is 41.8. The summed E-state index contributed by atoms with van der Waals surface area (Å²) in [5.74, 6) is -0.0852. The molecule has 9 nitrogen and oxygen atoms in total. The van der Waals surface area contributed by atoms with E-state index in [4.69, 9.17) is 10.5 Å². The van der Waals surface area contributed by atoms with Crippen LogP contribution >= 0.6 is 0 Å². The van der Waals surface area contributed by atoms with E-state index in [0.29, 0.717) is 42.1 Å². The highest BCUT2D eigenvalue weighted by Gasteiger charge is 2.37. The van der Waals surface area contributed by atoms with Gasteiger partial charge in [0.15, 0.2) is 5.69 Å². The largest absolute Gasteiger partial charge is 0.497 e. The number of carbonyl (C=O) groups excluding carboxylic acids is 3. The molecule has 5 rings (SSSR count). The first-order valence-electron chi connectivity index (χ1n) is 12.0. The van der Waals surface area contributed by atoms with Crippen molar-refractivity contribution in [1.29, 1.82) is 0 Å². The highest BCUT2D eigenvalue weighted by molar-refractivity contribution is 6.09. The average molecular weight is 488 g/mol. The van der Waals surface area contributed by atoms with Gasteiger partial charge in [0.2, 0.25) is 5.91 Å². The van der Waals surface area contributed by atoms with E-state index in [1.807, 2.05) is 43.0 Å². The fourth-order valence-electron chi connectivity index (χ4n) is 5.16. The standard InChI is InChI=1S/C27H29N5O4/c1-27(2,31-15-4-5-22(31)33)17-6-8-18(9-7-17)30-16-14-21-23(25(28)34)29-32(24(21)26(30)35)19-10-12-20(36-3)13-11-19/h6-13H,4-5,14-16H2,1-3H3,(H2,28,34). The number of methoxy groups -OCH3 is 1. The summed E-state index contributed by atoms with van der Waals surface area (Å²) < 4.78 is 6.71. The van der Waals surface area contributed by atoms with Crippen molar-refractivity contribution in [2.75, 3.05) is 25.1 Å². The molecule has 0 radical (unpaired) electrons. The highest BCUT2D eigenvalue weighted by Crippen LogP contribution is 2.34. The Kier molecular flexibility index (Phi) is 5.78. The molecular formula is C27H29N5O4. The number of benzene rings is 2. The molecule has 2 N–H and O–H groups in total. The fourth-order valence-corrected chi connectivity index (χ4v) is 5.16. The van der Waals surface area contributed by atoms with Gasteiger partial charge in [-0.15, -0.1) is 0 Å². The zero-order chi connectivity index (χ0) is 25.6. The predicted octanol–water partition coefficient (Wildman–Crippen LogP) is 3.04. The number of carbonyl (C=O) groups is 3. The van der Waals surface area contributed by atoms with Crippen LogP contribution in [0.1, 0.15) is 58.8 Å². The monoisotopic (exact) mass is 487 g/mol. The van der Waals surface area contributed by atoms with Gasteiger partial charge in [-0.05, 0) is 68.7 Å². The molecule has 3 heterocycles. The van der Waals surface area contributed by atoms with Crippen LogP contribution in [0.3, 0.4) is 0 Å². The van der Waals surface area contributed by atoms with Crippen LogP contribution in [0.15, 0.2) is 48.5 Å². The molecule has 0 bridgehead atoms. The molecule has 0 saturated carbocycles. The number of fused-ring (bicyclic) bond motifs is 1. The summed E-state index contributed by atoms with van der Waals surface area (Å²) in [6.45, 7) is 5.23. The van der Waals surface area contributed by atoms with Crippen molar-refractivity contribution >= 4 is 23.4 Å². The Labute approximate surface area is 209 Å². The number of aromatic nitrogens is 2. The van der Waals surface area contributed by atoms with Gasteiger partial charge in [0, 0.05) is 30.8 Å². The van der Waals surface area contributed by atoms with Gasteiger partial charge in [0.05, 0.1) is 18.3 Å². The van der Waals surface area contributed by atoms with Crippen molar-refractivity contribution in [2.45, 2.75) is 38.6 Å². The number of hydrogen-bond donors (Lipinski definition) is 1. The van der Waals surface area contributed by atoms with Gasteiger partial charge in [0.25, 0.3) is 11.8 Å². The van der Waals surface area contributed by atoms with Crippen LogP contribution in [0.5, 0.6) is 5.75 Å². The van der Waals surface area contributed by atoms with Crippen LogP contribution in [0.2, 0.25) is 0 Å². The minimum atomic E-state index is -0.664. The summed E-state index contributed by atoms with van der Waals surface area (Å²) in [5, 5.41) is 4.41. The lowest BCUT2D eigenvalue weighted by Crippen LogP contribution is -2.42. The molecule has 3 aromatic rings. The lowest BCUT2D eigenvalue weighted by Gasteiger charge is -2.36. The van der Waals surface area contributed by atoms with Gasteiger partial charge < -0.3 is 20.3 Å². The zero-order valence-corrected chi connectivity index (χ0v) is 20.7. The van der Waals surface area contributed by atoms with Crippen LogP contribution in [-0.4, -0.2) is 52.6 Å². The van der Waals surface area contributed by atoms with E-state index in [9.17, 15) is 14.4 Å². The van der Waals surface area contributed by atoms with Gasteiger partial charge in [0.1, 0.15) is 11.4 Å². The topological polar surface area (TPSA) is 111 Å². The first-order chi connectivity index (χ1) is 17.2. The SMILES string of the molecule is COc1ccc(-n2nc(C(N)=O)c3c2C(=O)N(c2ccc(C(C)(C)N4CCCC4=O)cc2)CC3)cc1. The molecule has 1 aromatic heterocycles. The normalized spacial score (nSPS) is 15.9. The van der Waals surface area contributed by atoms with Crippen LogP contribution in [0.25, 0.3) is 5.69 Å². The molecule has 0 atom stereocenters. The Balaban J connectivity index is 1.48. The third-order valence-electron chi connectivity index (χ3n) is 7.20. The van der Waals surface area contributed by atoms with Gasteiger partial charge in [-0.3, -0.25) is 14.4 Å². The number of likely N-dealkylation sites (tertiary alicyclic amines) is 1. The number of nitrogens with two attached hydrogens (primary N) is 1. The fraction of sp³-hybridized carbons (Fsp3) is 0.333. The molecule has 186 valence electrons. The Morgan fingerprint density at radius 1 is 0.972 bits per heavy atom. The van der Waals surface area contributed by atoms with Gasteiger partial charge in [-0.2, -0.15) is 5.10 Å². The van der Waals surface area contributed by atoms with Crippen molar-refractivity contribution in [2.24, 2.45) is 5.73 Å². The van der Waals surface area contributed by atoms with Crippen LogP contribution in [0.4, 0.5) is 5.69 Å². The van der Waals surface area contributed by atoms with Crippen LogP contribution < -0.4 is 15.4 Å². The second kappa shape index (κ2) is 8.82. The van der Waals surface area contributed by atoms with Crippen molar-refractivity contribution < 1.29 is 19.1 Å². The lowest BCUT2D eigenvalue weighted by atomic mass is 9.92. The van der Waals surface area contributed by atoms with Crippen molar-refractivity contribution in [3.8, 4) is 11.4 Å². The summed E-state index contributed by atoms with van der Waals surface area (Å²) in [6, 6.07) is 14.8. The van der Waals surface area contributed by atoms with Crippen molar-refractivity contribution in [1.82, 2.24) is 14.7 Å². The van der Waals surface area contributed by atoms with E-state index in [0.717, 1.165) is 24.2 Å². The summed E-state index contributed by atoms with van der Waals surface area (Å²) in [7, 11) is 1.58. The van der Waals surface area contributed by atoms with Crippen LogP contribution in [0, 0.1) is 0 Å². The summed E-state index contributed by atoms with van der Waals surface area (Å²) in [6.07, 6.45) is 1.91. The van der Waals surface area contributed by atoms with Gasteiger partial charge >= 0.3 is 0 Å². The number of hydrogen-bond acceptors (Lipinski definition) is 5. The Morgan fingerprint density at radius 3 is 2.22 bits per heavy atom. The Bertz CT molecular complexity index is 1340. The first kappa shape index (κ1) is 23.6. The van der Waals surface area contributed by atoms with E-state index in [2.05, 4.69) is 5.10 Å². The molecular weight excluding hydrogens is 458 g/mol. The number of primary amides is 1. The van der Waals surface area contributed by atoms with E-state index in [1.54, 1.807) is 36.3 Å². The number of amides is 3. The predicted molar refractivity (Wildman–Crippen MR) is 134 cm³/mol. The smallest absolute Gasteiger partial charge is 0.277 e. The van der Waals surface area contributed by atoms with E-state index in [-0.39, 0.29) is 17.5 Å². The molecule has 3 amide bonds. The molecule has 1 fully saturated rings. The number of ether oxygens (including phenoxy) is 1. The molecule has 2 aromatic carbocycles. The second-order valence-electron chi connectivity index (χ2n) is 9.61. The third-order valence-corrected chi connectivity index (χ3v) is 7.20. The highest BCUT2D eigenvalue weighted by atomic mass is 16.5. The maximum atomic E-state index is 13.7. The summed E-state index contributed by atoms with van der Waals surface area (Å²) >= 11 is 0. The number of nitrogens with zero attached hydrogens (tertiary/aromatic N) is 4. The van der Waals surface area contributed by atoms with E-state index >= 15 is 0 Å². The third kappa shape index (κ3) is 3.80. The maximum absolute atomic E-state index is 13.7. The molecule has 0 aliphatic carbocycles. The number of anilines is 1. The molecule has 1 saturated heterocycles. The van der Waals surface area contributed by atoms with E-state index in [1.165, 1.54) is 4.68 Å². The lowest BCUT2D eigenvalue weighted by molar-refractivity contribution is -0.132. The van der Waals surface area contributed by atoms with Crippen molar-refractivity contribution in [3.05, 3.63) is 71.0 Å². The Hall–Kier alpha value is -4.14. The summed E-state index contributed by atoms with van der Waals surface area (Å²) in [5.41, 5.74) is 8.53. The molecule has 9 heteroatoms. The Morgan fingerprint density at radius 2 is 1.64 bits per heavy atom. The number of rotatable bonds is 6.